The van der Waals surface area contributed by atoms with Gasteiger partial charge in [-0.1, -0.05) is 37.3 Å². The molecule has 1 aliphatic rings. The van der Waals surface area contributed by atoms with Crippen molar-refractivity contribution < 1.29 is 23.9 Å². The van der Waals surface area contributed by atoms with Crippen molar-refractivity contribution in [2.45, 2.75) is 18.8 Å². The zero-order valence-corrected chi connectivity index (χ0v) is 13.4. The number of imide groups is 2. The Morgan fingerprint density at radius 3 is 1.83 bits per heavy atom. The summed E-state index contributed by atoms with van der Waals surface area (Å²) in [6.07, 6.45) is 0.225. The number of urea groups is 1. The number of hydrogen-bond acceptors (Lipinski definition) is 5. The van der Waals surface area contributed by atoms with Crippen molar-refractivity contribution in [3.63, 3.8) is 0 Å². The summed E-state index contributed by atoms with van der Waals surface area (Å²) in [7, 11) is 2.77. The Morgan fingerprint density at radius 2 is 1.43 bits per heavy atom. The van der Waals surface area contributed by atoms with Gasteiger partial charge in [0.1, 0.15) is 13.5 Å². The second-order valence-corrected chi connectivity index (χ2v) is 5.21. The van der Waals surface area contributed by atoms with E-state index in [9.17, 15) is 14.4 Å². The summed E-state index contributed by atoms with van der Waals surface area (Å²) in [6.45, 7) is 1.30. The monoisotopic (exact) mass is 324 g/mol. The molecule has 1 aliphatic heterocycles. The molecule has 0 aromatic heterocycles. The molecule has 0 radical (unpaired) electrons. The van der Waals surface area contributed by atoms with Crippen LogP contribution >= 0.6 is 0 Å². The molecule has 2 rings (SSSR count). The second kappa shape index (κ2) is 6.89. The molecule has 0 atom stereocenters. The number of methoxy groups -OCH3 is 2. The lowest BCUT2D eigenvalue weighted by atomic mass is 9.75. The van der Waals surface area contributed by atoms with Gasteiger partial charge in [-0.3, -0.25) is 9.59 Å². The topological polar surface area (TPSA) is 76.2 Å². The number of benzene rings is 1. The zero-order chi connectivity index (χ0) is 17.0. The highest BCUT2D eigenvalue weighted by Gasteiger charge is 2.57. The first-order chi connectivity index (χ1) is 11.0. The van der Waals surface area contributed by atoms with E-state index in [4.69, 9.17) is 9.47 Å². The lowest BCUT2D eigenvalue weighted by Crippen LogP contribution is -2.67. The van der Waals surface area contributed by atoms with Crippen molar-refractivity contribution in [2.75, 3.05) is 27.7 Å². The van der Waals surface area contributed by atoms with E-state index in [0.717, 1.165) is 9.80 Å². The largest absolute Gasteiger partial charge is 0.364 e. The van der Waals surface area contributed by atoms with Gasteiger partial charge in [-0.15, -0.1) is 0 Å². The summed E-state index contributed by atoms with van der Waals surface area (Å²) in [6, 6.07) is 8.01. The van der Waals surface area contributed by atoms with Gasteiger partial charge in [-0.2, -0.15) is 0 Å². The van der Waals surface area contributed by atoms with Gasteiger partial charge < -0.3 is 9.47 Å². The molecule has 1 aromatic carbocycles. The lowest BCUT2D eigenvalue weighted by Gasteiger charge is -2.43. The van der Waals surface area contributed by atoms with Crippen LogP contribution in [0.25, 0.3) is 0 Å². The normalized spacial score (nSPS) is 17.8. The molecule has 7 nitrogen and oxygen atoms in total. The number of carbonyl (C=O) groups excluding carboxylic acids is 3. The van der Waals surface area contributed by atoms with Crippen LogP contribution in [0.1, 0.15) is 18.9 Å². The molecule has 124 valence electrons. The number of hydrogen-bond donors (Lipinski definition) is 0. The predicted octanol–water partition coefficient (Wildman–Crippen LogP) is 1.33. The number of rotatable bonds is 6. The molecule has 0 spiro atoms. The first kappa shape index (κ1) is 17.1. The quantitative estimate of drug-likeness (QED) is 0.738. The highest BCUT2D eigenvalue weighted by atomic mass is 16.7. The summed E-state index contributed by atoms with van der Waals surface area (Å²) in [5.74, 6) is -1.15. The first-order valence-electron chi connectivity index (χ1n) is 7.25. The van der Waals surface area contributed by atoms with E-state index in [2.05, 4.69) is 0 Å². The van der Waals surface area contributed by atoms with Crippen LogP contribution in [0.2, 0.25) is 0 Å². The van der Waals surface area contributed by atoms with E-state index in [-0.39, 0.29) is 19.9 Å². The maximum atomic E-state index is 13.0. The Balaban J connectivity index is 2.60. The molecule has 1 heterocycles. The summed E-state index contributed by atoms with van der Waals surface area (Å²) < 4.78 is 9.93. The van der Waals surface area contributed by atoms with Gasteiger partial charge in [-0.25, -0.2) is 14.6 Å². The Morgan fingerprint density at radius 1 is 0.957 bits per heavy atom. The standard InChI is InChI=1S/C16H20N2O5/c1-4-16(12-8-6-5-7-9-12)13(19)17(10-22-2)15(21)18(11-23-3)14(16)20/h5-9H,4,10-11H2,1-3H3/i10+2,11+2. The summed E-state index contributed by atoms with van der Waals surface area (Å²) in [4.78, 5) is 40.2. The number of ether oxygens (including phenoxy) is 2. The number of barbiturate groups is 1. The average molecular weight is 324 g/mol. The molecule has 4 amide bonds. The van der Waals surface area contributed by atoms with E-state index in [1.54, 1.807) is 37.3 Å². The van der Waals surface area contributed by atoms with Gasteiger partial charge in [0.2, 0.25) is 0 Å². The maximum Gasteiger partial charge on any atom is 0.337 e. The fraction of sp³-hybridized carbons (Fsp3) is 0.438. The highest BCUT2D eigenvalue weighted by molar-refractivity contribution is 6.22. The van der Waals surface area contributed by atoms with Crippen LogP contribution in [0.15, 0.2) is 30.3 Å². The van der Waals surface area contributed by atoms with Crippen molar-refractivity contribution in [3.05, 3.63) is 35.9 Å². The van der Waals surface area contributed by atoms with Crippen LogP contribution in [0, 0.1) is 0 Å². The van der Waals surface area contributed by atoms with Gasteiger partial charge >= 0.3 is 6.03 Å². The highest BCUT2D eigenvalue weighted by Crippen LogP contribution is 2.36. The molecule has 1 aromatic rings. The molecular formula is C16H20N2O5. The van der Waals surface area contributed by atoms with Gasteiger partial charge in [0.25, 0.3) is 11.8 Å². The third-order valence-electron chi connectivity index (χ3n) is 4.00. The number of carbonyl (C=O) groups is 3. The Kier molecular flexibility index (Phi) is 5.12. The van der Waals surface area contributed by atoms with Crippen LogP contribution in [0.3, 0.4) is 0 Å². The van der Waals surface area contributed by atoms with Crippen molar-refractivity contribution in [3.8, 4) is 0 Å². The zero-order valence-electron chi connectivity index (χ0n) is 13.4. The first-order valence-corrected chi connectivity index (χ1v) is 7.25. The van der Waals surface area contributed by atoms with Gasteiger partial charge in [-0.05, 0) is 12.0 Å². The molecule has 0 saturated carbocycles. The molecule has 0 bridgehead atoms. The molecule has 1 saturated heterocycles. The molecule has 23 heavy (non-hydrogen) atoms. The van der Waals surface area contributed by atoms with Crippen LogP contribution in [0.5, 0.6) is 0 Å². The summed E-state index contributed by atoms with van der Waals surface area (Å²) >= 11 is 0. The Hall–Kier alpha value is -2.25. The fourth-order valence-corrected chi connectivity index (χ4v) is 2.83. The SMILES string of the molecule is CCC1(c2ccccc2)C(=O)N([14CH2]OC)C(=O)N([14CH2]OC)C1=O. The number of nitrogens with zero attached hydrogens (tertiary/aromatic N) is 2. The minimum atomic E-state index is -1.45. The van der Waals surface area contributed by atoms with Crippen LogP contribution < -0.4 is 0 Å². The van der Waals surface area contributed by atoms with E-state index < -0.39 is 23.3 Å². The minimum Gasteiger partial charge on any atom is -0.364 e. The summed E-state index contributed by atoms with van der Waals surface area (Å²) in [5, 5.41) is 0. The second-order valence-electron chi connectivity index (χ2n) is 5.21. The number of amides is 4. The van der Waals surface area contributed by atoms with Crippen LogP contribution in [-0.2, 0) is 24.5 Å². The summed E-state index contributed by atoms with van der Waals surface area (Å²) in [5.41, 5.74) is -0.904. The van der Waals surface area contributed by atoms with Crippen LogP contribution in [0.4, 0.5) is 4.79 Å². The fourth-order valence-electron chi connectivity index (χ4n) is 2.83. The van der Waals surface area contributed by atoms with Crippen molar-refractivity contribution in [1.29, 1.82) is 0 Å². The van der Waals surface area contributed by atoms with Crippen molar-refractivity contribution in [1.82, 2.24) is 9.80 Å². The van der Waals surface area contributed by atoms with Gasteiger partial charge in [0, 0.05) is 14.2 Å². The van der Waals surface area contributed by atoms with E-state index >= 15 is 0 Å². The average Bonchev–Trinajstić information content (AvgIpc) is 2.57. The third kappa shape index (κ3) is 2.62. The molecule has 0 unspecified atom stereocenters. The predicted molar refractivity (Wildman–Crippen MR) is 81.3 cm³/mol. The molecule has 1 fully saturated rings. The minimum absolute atomic E-state index is 0.222. The molecular weight excluding hydrogens is 304 g/mol. The Bertz CT molecular complexity index is 574. The molecule has 0 aliphatic carbocycles. The van der Waals surface area contributed by atoms with Crippen molar-refractivity contribution >= 4 is 17.8 Å². The lowest BCUT2D eigenvalue weighted by molar-refractivity contribution is -0.158. The van der Waals surface area contributed by atoms with Gasteiger partial charge in [0.05, 0.1) is 0 Å². The third-order valence-corrected chi connectivity index (χ3v) is 4.00. The van der Waals surface area contributed by atoms with E-state index in [1.165, 1.54) is 14.2 Å². The molecule has 7 heteroatoms. The smallest absolute Gasteiger partial charge is 0.337 e. The van der Waals surface area contributed by atoms with Crippen LogP contribution in [-0.4, -0.2) is 55.3 Å². The van der Waals surface area contributed by atoms with E-state index in [0.29, 0.717) is 5.56 Å². The van der Waals surface area contributed by atoms with Crippen molar-refractivity contribution in [2.24, 2.45) is 0 Å². The van der Waals surface area contributed by atoms with Gasteiger partial charge in [0.15, 0.2) is 5.41 Å². The van der Waals surface area contributed by atoms with E-state index in [1.807, 2.05) is 0 Å². The maximum absolute atomic E-state index is 13.0. The Labute approximate surface area is 134 Å². The molecule has 0 N–H and O–H groups in total.